The molecule has 4 aromatic rings. The molecule has 11 heteroatoms. The van der Waals surface area contributed by atoms with Gasteiger partial charge in [0.25, 0.3) is 0 Å². The molecule has 3 aromatic heterocycles. The van der Waals surface area contributed by atoms with E-state index in [1.807, 2.05) is 24.3 Å². The predicted molar refractivity (Wildman–Crippen MR) is 122 cm³/mol. The Balaban J connectivity index is 1.41. The Bertz CT molecular complexity index is 1350. The van der Waals surface area contributed by atoms with E-state index in [4.69, 9.17) is 10.1 Å². The SMILES string of the molecule is CN(C(=O)O)c1nc(-c2ccc(-c3cnc4[nH]c(=O)n(CC5CCCCC5)c4n3)cc2)n[nH]1. The highest BCUT2D eigenvalue weighted by Crippen LogP contribution is 2.26. The van der Waals surface area contributed by atoms with Crippen molar-refractivity contribution in [1.29, 1.82) is 0 Å². The van der Waals surface area contributed by atoms with Gasteiger partial charge in [-0.1, -0.05) is 43.5 Å². The van der Waals surface area contributed by atoms with Gasteiger partial charge in [-0.05, 0) is 18.8 Å². The number of carboxylic acid groups (broad SMARTS) is 1. The summed E-state index contributed by atoms with van der Waals surface area (Å²) in [4.78, 5) is 40.8. The Morgan fingerprint density at radius 2 is 1.88 bits per heavy atom. The van der Waals surface area contributed by atoms with Crippen LogP contribution in [0, 0.1) is 5.92 Å². The number of nitrogens with one attached hydrogen (secondary N) is 2. The van der Waals surface area contributed by atoms with Crippen molar-refractivity contribution >= 4 is 23.3 Å². The quantitative estimate of drug-likeness (QED) is 0.425. The molecule has 0 spiro atoms. The van der Waals surface area contributed by atoms with Gasteiger partial charge in [0.2, 0.25) is 5.95 Å². The van der Waals surface area contributed by atoms with Crippen molar-refractivity contribution in [3.63, 3.8) is 0 Å². The summed E-state index contributed by atoms with van der Waals surface area (Å²) in [5, 5.41) is 15.8. The van der Waals surface area contributed by atoms with Gasteiger partial charge in [-0.2, -0.15) is 10.1 Å². The Kier molecular flexibility index (Phi) is 5.37. The molecule has 0 radical (unpaired) electrons. The van der Waals surface area contributed by atoms with Crippen LogP contribution in [-0.4, -0.2) is 52.9 Å². The van der Waals surface area contributed by atoms with Gasteiger partial charge in [0.1, 0.15) is 0 Å². The molecule has 0 aliphatic heterocycles. The zero-order valence-electron chi connectivity index (χ0n) is 18.2. The summed E-state index contributed by atoms with van der Waals surface area (Å²) in [6, 6.07) is 7.42. The first-order valence-electron chi connectivity index (χ1n) is 10.9. The Hall–Kier alpha value is -4.02. The zero-order valence-corrected chi connectivity index (χ0v) is 18.2. The fraction of sp³-hybridized carbons (Fsp3) is 0.364. The lowest BCUT2D eigenvalue weighted by molar-refractivity contribution is 0.203. The average molecular weight is 448 g/mol. The first-order valence-corrected chi connectivity index (χ1v) is 10.9. The molecule has 0 saturated heterocycles. The van der Waals surface area contributed by atoms with E-state index in [1.54, 1.807) is 10.8 Å². The smallest absolute Gasteiger partial charge is 0.413 e. The molecule has 11 nitrogen and oxygen atoms in total. The maximum absolute atomic E-state index is 12.5. The average Bonchev–Trinajstić information content (AvgIpc) is 3.44. The van der Waals surface area contributed by atoms with Crippen molar-refractivity contribution in [2.45, 2.75) is 38.6 Å². The number of rotatable bonds is 5. The summed E-state index contributed by atoms with van der Waals surface area (Å²) in [5.74, 6) is 1.02. The van der Waals surface area contributed by atoms with Gasteiger partial charge in [-0.15, -0.1) is 0 Å². The van der Waals surface area contributed by atoms with E-state index >= 15 is 0 Å². The largest absolute Gasteiger partial charge is 0.465 e. The fourth-order valence-corrected chi connectivity index (χ4v) is 4.27. The van der Waals surface area contributed by atoms with Crippen molar-refractivity contribution in [3.05, 3.63) is 40.9 Å². The molecule has 0 atom stereocenters. The van der Waals surface area contributed by atoms with Gasteiger partial charge < -0.3 is 5.11 Å². The number of benzene rings is 1. The highest BCUT2D eigenvalue weighted by atomic mass is 16.4. The number of H-pyrrole nitrogens is 2. The first kappa shape index (κ1) is 20.9. The van der Waals surface area contributed by atoms with E-state index in [0.717, 1.165) is 28.9 Å². The van der Waals surface area contributed by atoms with Crippen LogP contribution in [0.2, 0.25) is 0 Å². The molecule has 0 unspecified atom stereocenters. The highest BCUT2D eigenvalue weighted by Gasteiger charge is 2.19. The van der Waals surface area contributed by atoms with Crippen molar-refractivity contribution in [2.24, 2.45) is 5.92 Å². The maximum atomic E-state index is 12.5. The number of aromatic nitrogens is 7. The van der Waals surface area contributed by atoms with Gasteiger partial charge in [0.05, 0.1) is 11.9 Å². The minimum absolute atomic E-state index is 0.140. The van der Waals surface area contributed by atoms with Gasteiger partial charge >= 0.3 is 11.8 Å². The molecule has 1 aliphatic rings. The minimum Gasteiger partial charge on any atom is -0.465 e. The Morgan fingerprint density at radius 1 is 1.15 bits per heavy atom. The van der Waals surface area contributed by atoms with E-state index in [0.29, 0.717) is 35.3 Å². The van der Waals surface area contributed by atoms with E-state index in [9.17, 15) is 9.59 Å². The molecule has 33 heavy (non-hydrogen) atoms. The van der Waals surface area contributed by atoms with Crippen molar-refractivity contribution in [3.8, 4) is 22.6 Å². The van der Waals surface area contributed by atoms with Gasteiger partial charge in [-0.3, -0.25) is 9.55 Å². The second-order valence-corrected chi connectivity index (χ2v) is 8.37. The molecule has 0 bridgehead atoms. The second-order valence-electron chi connectivity index (χ2n) is 8.37. The maximum Gasteiger partial charge on any atom is 0.413 e. The van der Waals surface area contributed by atoms with Gasteiger partial charge in [0, 0.05) is 24.7 Å². The van der Waals surface area contributed by atoms with Crippen molar-refractivity contribution in [2.75, 3.05) is 11.9 Å². The fourth-order valence-electron chi connectivity index (χ4n) is 4.27. The lowest BCUT2D eigenvalue weighted by Gasteiger charge is -2.21. The normalized spacial score (nSPS) is 14.6. The standard InChI is InChI=1S/C22H24N8O3/c1-29(22(32)33)20-25-17(27-28-20)15-9-7-14(8-10-15)16-11-23-18-19(24-16)30(21(31)26-18)12-13-5-3-2-4-6-13/h7-11,13H,2-6,12H2,1H3,(H,32,33)(H,23,26,31)(H,25,27,28). The van der Waals surface area contributed by atoms with E-state index in [-0.39, 0.29) is 11.6 Å². The van der Waals surface area contributed by atoms with Crippen LogP contribution in [0.1, 0.15) is 32.1 Å². The third-order valence-corrected chi connectivity index (χ3v) is 6.16. The number of aromatic amines is 2. The van der Waals surface area contributed by atoms with Gasteiger partial charge in [0.15, 0.2) is 17.1 Å². The molecule has 1 fully saturated rings. The number of hydrogen-bond acceptors (Lipinski definition) is 6. The second kappa shape index (κ2) is 8.49. The predicted octanol–water partition coefficient (Wildman–Crippen LogP) is 3.27. The first-order chi connectivity index (χ1) is 16.0. The number of hydrogen-bond donors (Lipinski definition) is 3. The van der Waals surface area contributed by atoms with Crippen LogP contribution in [0.15, 0.2) is 35.3 Å². The van der Waals surface area contributed by atoms with E-state index in [1.165, 1.54) is 26.3 Å². The summed E-state index contributed by atoms with van der Waals surface area (Å²) in [5.41, 5.74) is 3.12. The number of imidazole rings is 1. The summed E-state index contributed by atoms with van der Waals surface area (Å²) in [6.45, 7) is 0.661. The molecule has 3 heterocycles. The van der Waals surface area contributed by atoms with Crippen LogP contribution in [0.25, 0.3) is 33.9 Å². The summed E-state index contributed by atoms with van der Waals surface area (Å²) in [6.07, 6.45) is 6.48. The van der Waals surface area contributed by atoms with Crippen LogP contribution in [-0.2, 0) is 6.54 Å². The summed E-state index contributed by atoms with van der Waals surface area (Å²) < 4.78 is 1.71. The lowest BCUT2D eigenvalue weighted by atomic mass is 9.89. The number of anilines is 1. The third kappa shape index (κ3) is 4.09. The van der Waals surface area contributed by atoms with Crippen LogP contribution in [0.5, 0.6) is 0 Å². The summed E-state index contributed by atoms with van der Waals surface area (Å²) >= 11 is 0. The molecule has 1 aliphatic carbocycles. The van der Waals surface area contributed by atoms with Crippen LogP contribution in [0.3, 0.4) is 0 Å². The molecule has 1 saturated carbocycles. The zero-order chi connectivity index (χ0) is 22.9. The van der Waals surface area contributed by atoms with E-state index in [2.05, 4.69) is 25.1 Å². The molecular weight excluding hydrogens is 424 g/mol. The molecule has 1 amide bonds. The molecule has 5 rings (SSSR count). The van der Waals surface area contributed by atoms with Crippen LogP contribution >= 0.6 is 0 Å². The van der Waals surface area contributed by atoms with Crippen LogP contribution < -0.4 is 10.6 Å². The van der Waals surface area contributed by atoms with E-state index < -0.39 is 6.09 Å². The third-order valence-electron chi connectivity index (χ3n) is 6.16. The van der Waals surface area contributed by atoms with Crippen molar-refractivity contribution in [1.82, 2.24) is 34.7 Å². The highest BCUT2D eigenvalue weighted by molar-refractivity contribution is 5.83. The Morgan fingerprint density at radius 3 is 2.61 bits per heavy atom. The molecule has 170 valence electrons. The number of carbonyl (C=O) groups is 1. The summed E-state index contributed by atoms with van der Waals surface area (Å²) in [7, 11) is 1.39. The Labute approximate surface area is 188 Å². The minimum atomic E-state index is -1.13. The van der Waals surface area contributed by atoms with Crippen LogP contribution in [0.4, 0.5) is 10.7 Å². The monoisotopic (exact) mass is 448 g/mol. The molecular formula is C22H24N8O3. The van der Waals surface area contributed by atoms with Crippen molar-refractivity contribution < 1.29 is 9.90 Å². The molecule has 3 N–H and O–H groups in total. The lowest BCUT2D eigenvalue weighted by Crippen LogP contribution is -2.24. The van der Waals surface area contributed by atoms with Gasteiger partial charge in [-0.25, -0.2) is 29.6 Å². The number of nitrogens with zero attached hydrogens (tertiary/aromatic N) is 6. The number of fused-ring (bicyclic) bond motifs is 1. The topological polar surface area (TPSA) is 146 Å². The number of amides is 1. The molecule has 1 aromatic carbocycles.